The van der Waals surface area contributed by atoms with Crippen molar-refractivity contribution in [2.75, 3.05) is 10.6 Å². The minimum atomic E-state index is -0.332. The normalized spacial score (nSPS) is 18.8. The van der Waals surface area contributed by atoms with Crippen LogP contribution in [0.3, 0.4) is 0 Å². The zero-order chi connectivity index (χ0) is 17.3. The highest BCUT2D eigenvalue weighted by atomic mass is 35.5. The van der Waals surface area contributed by atoms with Gasteiger partial charge in [-0.25, -0.2) is 0 Å². The van der Waals surface area contributed by atoms with Gasteiger partial charge >= 0.3 is 0 Å². The van der Waals surface area contributed by atoms with E-state index in [0.29, 0.717) is 22.2 Å². The number of hydrogen-bond acceptors (Lipinski definition) is 2. The van der Waals surface area contributed by atoms with Gasteiger partial charge in [-0.2, -0.15) is 0 Å². The maximum Gasteiger partial charge on any atom is 0.228 e. The molecule has 1 aliphatic rings. The fourth-order valence-electron chi connectivity index (χ4n) is 2.55. The number of amides is 2. The summed E-state index contributed by atoms with van der Waals surface area (Å²) in [5, 5.41) is 6.47. The lowest BCUT2D eigenvalue weighted by Gasteiger charge is -2.08. The monoisotopic (exact) mass is 362 g/mol. The molecule has 1 saturated carbocycles. The van der Waals surface area contributed by atoms with Crippen LogP contribution >= 0.6 is 23.2 Å². The molecule has 1 fully saturated rings. The first-order chi connectivity index (χ1) is 11.4. The Bertz CT molecular complexity index is 807. The molecule has 0 aromatic heterocycles. The highest BCUT2D eigenvalue weighted by molar-refractivity contribution is 6.36. The van der Waals surface area contributed by atoms with E-state index in [9.17, 15) is 9.59 Å². The number of halogens is 2. The van der Waals surface area contributed by atoms with Crippen molar-refractivity contribution < 1.29 is 9.59 Å². The van der Waals surface area contributed by atoms with E-state index in [1.54, 1.807) is 18.2 Å². The van der Waals surface area contributed by atoms with Gasteiger partial charge in [-0.05, 0) is 49.2 Å². The van der Waals surface area contributed by atoms with E-state index in [1.165, 1.54) is 0 Å². The van der Waals surface area contributed by atoms with Crippen LogP contribution in [0.15, 0.2) is 42.5 Å². The lowest BCUT2D eigenvalue weighted by molar-refractivity contribution is -0.122. The van der Waals surface area contributed by atoms with Crippen LogP contribution in [0.1, 0.15) is 12.0 Å². The molecule has 4 nitrogen and oxygen atoms in total. The molecule has 2 aromatic carbocycles. The van der Waals surface area contributed by atoms with E-state index < -0.39 is 0 Å². The van der Waals surface area contributed by atoms with E-state index in [1.807, 2.05) is 31.2 Å². The molecule has 0 spiro atoms. The lowest BCUT2D eigenvalue weighted by Crippen LogP contribution is -2.20. The standard InChI is InChI=1S/C18H16Cl2N2O2/c1-10-3-2-4-12(7-10)21-17(23)13-9-14(13)18(24)22-16-6-5-11(19)8-15(16)20/h2-8,13-14H,9H2,1H3,(H,21,23)(H,22,24). The van der Waals surface area contributed by atoms with Gasteiger partial charge < -0.3 is 10.6 Å². The van der Waals surface area contributed by atoms with Gasteiger partial charge in [0, 0.05) is 10.7 Å². The maximum atomic E-state index is 12.3. The molecular formula is C18H16Cl2N2O2. The number of nitrogens with one attached hydrogen (secondary N) is 2. The third-order valence-corrected chi connectivity index (χ3v) is 4.49. The Labute approximate surface area is 150 Å². The van der Waals surface area contributed by atoms with Crippen LogP contribution < -0.4 is 10.6 Å². The van der Waals surface area contributed by atoms with Crippen LogP contribution in [0, 0.1) is 18.8 Å². The maximum absolute atomic E-state index is 12.3. The smallest absolute Gasteiger partial charge is 0.228 e. The zero-order valence-electron chi connectivity index (χ0n) is 13.0. The molecule has 0 heterocycles. The Balaban J connectivity index is 1.58. The van der Waals surface area contributed by atoms with Crippen LogP contribution in [0.4, 0.5) is 11.4 Å². The van der Waals surface area contributed by atoms with Crippen molar-refractivity contribution in [2.24, 2.45) is 11.8 Å². The van der Waals surface area contributed by atoms with Crippen molar-refractivity contribution in [1.82, 2.24) is 0 Å². The quantitative estimate of drug-likeness (QED) is 0.839. The molecular weight excluding hydrogens is 347 g/mol. The largest absolute Gasteiger partial charge is 0.326 e. The average molecular weight is 363 g/mol. The first-order valence-corrected chi connectivity index (χ1v) is 8.33. The third kappa shape index (κ3) is 3.89. The summed E-state index contributed by atoms with van der Waals surface area (Å²) in [5.74, 6) is -0.982. The molecule has 124 valence electrons. The average Bonchev–Trinajstić information content (AvgIpc) is 3.31. The zero-order valence-corrected chi connectivity index (χ0v) is 14.5. The molecule has 3 rings (SSSR count). The Morgan fingerprint density at radius 2 is 1.71 bits per heavy atom. The molecule has 24 heavy (non-hydrogen) atoms. The number of carbonyl (C=O) groups excluding carboxylic acids is 2. The molecule has 0 saturated heterocycles. The van der Waals surface area contributed by atoms with Crippen LogP contribution in [0.5, 0.6) is 0 Å². The lowest BCUT2D eigenvalue weighted by atomic mass is 10.2. The van der Waals surface area contributed by atoms with Gasteiger partial charge in [0.25, 0.3) is 0 Å². The molecule has 0 aliphatic heterocycles. The van der Waals surface area contributed by atoms with Crippen LogP contribution in [-0.4, -0.2) is 11.8 Å². The molecule has 2 amide bonds. The van der Waals surface area contributed by atoms with E-state index in [4.69, 9.17) is 23.2 Å². The fraction of sp³-hybridized carbons (Fsp3) is 0.222. The summed E-state index contributed by atoms with van der Waals surface area (Å²) in [5.41, 5.74) is 2.30. The Morgan fingerprint density at radius 1 is 1.00 bits per heavy atom. The third-order valence-electron chi connectivity index (χ3n) is 3.94. The van der Waals surface area contributed by atoms with Crippen LogP contribution in [0.2, 0.25) is 10.0 Å². The molecule has 2 atom stereocenters. The van der Waals surface area contributed by atoms with E-state index >= 15 is 0 Å². The summed E-state index contributed by atoms with van der Waals surface area (Å²) in [6.07, 6.45) is 0.536. The van der Waals surface area contributed by atoms with Gasteiger partial charge in [-0.15, -0.1) is 0 Å². The van der Waals surface area contributed by atoms with Crippen molar-refractivity contribution >= 4 is 46.4 Å². The van der Waals surface area contributed by atoms with Gasteiger partial charge in [0.1, 0.15) is 0 Å². The summed E-state index contributed by atoms with van der Waals surface area (Å²) in [4.78, 5) is 24.5. The minimum absolute atomic E-state index is 0.136. The van der Waals surface area contributed by atoms with Crippen molar-refractivity contribution in [3.05, 3.63) is 58.1 Å². The molecule has 0 bridgehead atoms. The minimum Gasteiger partial charge on any atom is -0.326 e. The predicted octanol–water partition coefficient (Wildman–Crippen LogP) is 4.52. The fourth-order valence-corrected chi connectivity index (χ4v) is 3.00. The molecule has 1 aliphatic carbocycles. The van der Waals surface area contributed by atoms with Crippen molar-refractivity contribution in [2.45, 2.75) is 13.3 Å². The molecule has 6 heteroatoms. The van der Waals surface area contributed by atoms with Crippen molar-refractivity contribution in [1.29, 1.82) is 0 Å². The SMILES string of the molecule is Cc1cccc(NC(=O)C2CC2C(=O)Nc2ccc(Cl)cc2Cl)c1. The second kappa shape index (κ2) is 6.83. The number of anilines is 2. The number of rotatable bonds is 4. The van der Waals surface area contributed by atoms with E-state index in [2.05, 4.69) is 10.6 Å². The van der Waals surface area contributed by atoms with Crippen molar-refractivity contribution in [3.8, 4) is 0 Å². The van der Waals surface area contributed by atoms with Crippen LogP contribution in [-0.2, 0) is 9.59 Å². The Hall–Kier alpha value is -2.04. The first-order valence-electron chi connectivity index (χ1n) is 7.57. The Morgan fingerprint density at radius 3 is 2.38 bits per heavy atom. The second-order valence-electron chi connectivity index (χ2n) is 5.92. The highest BCUT2D eigenvalue weighted by Gasteiger charge is 2.48. The first kappa shape index (κ1) is 16.8. The Kier molecular flexibility index (Phi) is 4.78. The van der Waals surface area contributed by atoms with Gasteiger partial charge in [0.15, 0.2) is 0 Å². The molecule has 0 radical (unpaired) electrons. The van der Waals surface area contributed by atoms with Gasteiger partial charge in [0.2, 0.25) is 11.8 Å². The predicted molar refractivity (Wildman–Crippen MR) is 96.5 cm³/mol. The number of carbonyl (C=O) groups is 2. The van der Waals surface area contributed by atoms with Gasteiger partial charge in [0.05, 0.1) is 22.5 Å². The summed E-state index contributed by atoms with van der Waals surface area (Å²) in [6, 6.07) is 12.4. The second-order valence-corrected chi connectivity index (χ2v) is 6.76. The number of hydrogen-bond donors (Lipinski definition) is 2. The van der Waals surface area contributed by atoms with Gasteiger partial charge in [-0.3, -0.25) is 9.59 Å². The summed E-state index contributed by atoms with van der Waals surface area (Å²) in [6.45, 7) is 1.96. The molecule has 2 N–H and O–H groups in total. The summed E-state index contributed by atoms with van der Waals surface area (Å²) in [7, 11) is 0. The van der Waals surface area contributed by atoms with E-state index in [-0.39, 0.29) is 23.7 Å². The van der Waals surface area contributed by atoms with Gasteiger partial charge in [-0.1, -0.05) is 35.3 Å². The summed E-state index contributed by atoms with van der Waals surface area (Å²) >= 11 is 11.9. The van der Waals surface area contributed by atoms with E-state index in [0.717, 1.165) is 11.3 Å². The summed E-state index contributed by atoms with van der Waals surface area (Å²) < 4.78 is 0. The van der Waals surface area contributed by atoms with Crippen LogP contribution in [0.25, 0.3) is 0 Å². The number of benzene rings is 2. The van der Waals surface area contributed by atoms with Crippen molar-refractivity contribution in [3.63, 3.8) is 0 Å². The molecule has 2 unspecified atom stereocenters. The number of aryl methyl sites for hydroxylation is 1. The molecule has 2 aromatic rings. The topological polar surface area (TPSA) is 58.2 Å². The highest BCUT2D eigenvalue weighted by Crippen LogP contribution is 2.40.